The minimum atomic E-state index is -0.387. The second kappa shape index (κ2) is 14.2. The van der Waals surface area contributed by atoms with Crippen LogP contribution in [0, 0.1) is 0 Å². The van der Waals surface area contributed by atoms with Crippen LogP contribution in [0.1, 0.15) is 41.7 Å². The van der Waals surface area contributed by atoms with Crippen LogP contribution in [0.5, 0.6) is 0 Å². The fourth-order valence-electron chi connectivity index (χ4n) is 4.87. The highest BCUT2D eigenvalue weighted by molar-refractivity contribution is 6.30. The van der Waals surface area contributed by atoms with E-state index in [0.717, 1.165) is 19.6 Å². The van der Waals surface area contributed by atoms with Crippen molar-refractivity contribution in [1.82, 2.24) is 19.4 Å². The number of aryl methyl sites for hydroxylation is 2. The normalized spacial score (nSPS) is 13.2. The summed E-state index contributed by atoms with van der Waals surface area (Å²) in [4.78, 5) is 53.3. The molecule has 4 N–H and O–H groups in total. The lowest BCUT2D eigenvalue weighted by atomic mass is 10.2. The van der Waals surface area contributed by atoms with E-state index in [2.05, 4.69) is 26.2 Å². The van der Waals surface area contributed by atoms with Crippen molar-refractivity contribution in [2.24, 2.45) is 14.1 Å². The number of nitrogens with zero attached hydrogens (tertiary/aromatic N) is 3. The molecule has 4 aromatic rings. The van der Waals surface area contributed by atoms with Crippen LogP contribution in [0.3, 0.4) is 0 Å². The van der Waals surface area contributed by atoms with E-state index >= 15 is 0 Å². The Morgan fingerprint density at radius 3 is 1.73 bits per heavy atom. The van der Waals surface area contributed by atoms with Crippen molar-refractivity contribution >= 4 is 52.3 Å². The molecule has 1 fully saturated rings. The molecule has 0 unspecified atom stereocenters. The average molecular weight is 632 g/mol. The Balaban J connectivity index is 1.13. The number of hydrogen-bond donors (Lipinski definition) is 4. The van der Waals surface area contributed by atoms with Crippen molar-refractivity contribution in [3.05, 3.63) is 101 Å². The smallest absolute Gasteiger partial charge is 0.272 e. The van der Waals surface area contributed by atoms with Gasteiger partial charge in [0, 0.05) is 74.5 Å². The van der Waals surface area contributed by atoms with E-state index < -0.39 is 0 Å². The second-order valence-corrected chi connectivity index (χ2v) is 11.0. The summed E-state index contributed by atoms with van der Waals surface area (Å²) in [7, 11) is 3.44. The number of rotatable bonds is 10. The molecule has 13 heteroatoms. The second-order valence-electron chi connectivity index (χ2n) is 10.6. The summed E-state index contributed by atoms with van der Waals surface area (Å²) in [5.41, 5.74) is 3.00. The SMILES string of the molecule is Cn1cc(NC(=O)c2ccc(NC(=O)c3cc(NC(=O)c4ccc(Cl)cc4)cn3C)cc2)cc1C(=O)NCCN1CCOCC1. The molecular weight excluding hydrogens is 598 g/mol. The summed E-state index contributed by atoms with van der Waals surface area (Å²) < 4.78 is 8.61. The lowest BCUT2D eigenvalue weighted by molar-refractivity contribution is 0.0383. The average Bonchev–Trinajstić information content (AvgIpc) is 3.59. The number of carbonyl (C=O) groups is 4. The third-order valence-corrected chi connectivity index (χ3v) is 7.57. The van der Waals surface area contributed by atoms with Gasteiger partial charge in [0.2, 0.25) is 0 Å². The van der Waals surface area contributed by atoms with E-state index in [4.69, 9.17) is 16.3 Å². The zero-order valence-electron chi connectivity index (χ0n) is 24.9. The number of morpholine rings is 1. The first-order valence-corrected chi connectivity index (χ1v) is 14.7. The number of amides is 4. The summed E-state index contributed by atoms with van der Waals surface area (Å²) in [6, 6.07) is 16.1. The van der Waals surface area contributed by atoms with Crippen LogP contribution >= 0.6 is 11.6 Å². The molecule has 45 heavy (non-hydrogen) atoms. The molecule has 0 radical (unpaired) electrons. The Morgan fingerprint density at radius 1 is 0.689 bits per heavy atom. The van der Waals surface area contributed by atoms with Crippen LogP contribution in [0.25, 0.3) is 0 Å². The predicted octanol–water partition coefficient (Wildman–Crippen LogP) is 3.84. The van der Waals surface area contributed by atoms with Gasteiger partial charge in [-0.25, -0.2) is 0 Å². The van der Waals surface area contributed by atoms with Gasteiger partial charge in [-0.3, -0.25) is 24.1 Å². The van der Waals surface area contributed by atoms with Crippen LogP contribution < -0.4 is 21.3 Å². The van der Waals surface area contributed by atoms with E-state index in [1.165, 1.54) is 0 Å². The molecule has 0 saturated carbocycles. The fraction of sp³-hybridized carbons (Fsp3) is 0.250. The Morgan fingerprint density at radius 2 is 1.18 bits per heavy atom. The van der Waals surface area contributed by atoms with Gasteiger partial charge in [0.15, 0.2) is 0 Å². The van der Waals surface area contributed by atoms with Gasteiger partial charge in [0.1, 0.15) is 11.4 Å². The molecule has 1 aliphatic rings. The molecule has 0 aliphatic carbocycles. The van der Waals surface area contributed by atoms with Crippen LogP contribution in [-0.4, -0.2) is 77.1 Å². The van der Waals surface area contributed by atoms with E-state index in [1.54, 1.807) is 96.3 Å². The summed E-state index contributed by atoms with van der Waals surface area (Å²) in [5.74, 6) is -1.30. The Kier molecular flexibility index (Phi) is 9.98. The molecule has 2 aromatic heterocycles. The maximum absolute atomic E-state index is 13.0. The van der Waals surface area contributed by atoms with Crippen LogP contribution in [0.15, 0.2) is 73.1 Å². The zero-order valence-corrected chi connectivity index (χ0v) is 25.7. The molecule has 0 atom stereocenters. The number of carbonyl (C=O) groups excluding carboxylic acids is 4. The summed E-state index contributed by atoms with van der Waals surface area (Å²) in [6.07, 6.45) is 3.32. The molecule has 4 amide bonds. The van der Waals surface area contributed by atoms with Gasteiger partial charge in [0.25, 0.3) is 23.6 Å². The summed E-state index contributed by atoms with van der Waals surface area (Å²) in [6.45, 7) is 4.37. The highest BCUT2D eigenvalue weighted by Gasteiger charge is 2.17. The number of hydrogen-bond acceptors (Lipinski definition) is 6. The molecule has 0 spiro atoms. The zero-order chi connectivity index (χ0) is 31.9. The van der Waals surface area contributed by atoms with Gasteiger partial charge >= 0.3 is 0 Å². The molecule has 2 aromatic carbocycles. The first kappa shape index (κ1) is 31.5. The topological polar surface area (TPSA) is 139 Å². The van der Waals surface area contributed by atoms with Crippen molar-refractivity contribution in [3.63, 3.8) is 0 Å². The van der Waals surface area contributed by atoms with E-state index in [-0.39, 0.29) is 23.6 Å². The first-order valence-electron chi connectivity index (χ1n) is 14.4. The molecule has 0 bridgehead atoms. The third kappa shape index (κ3) is 8.18. The van der Waals surface area contributed by atoms with E-state index in [1.807, 2.05) is 0 Å². The molecule has 3 heterocycles. The fourth-order valence-corrected chi connectivity index (χ4v) is 4.99. The highest BCUT2D eigenvalue weighted by Crippen LogP contribution is 2.19. The van der Waals surface area contributed by atoms with Crippen LogP contribution in [-0.2, 0) is 18.8 Å². The molecule has 1 saturated heterocycles. The highest BCUT2D eigenvalue weighted by atomic mass is 35.5. The van der Waals surface area contributed by atoms with Gasteiger partial charge in [-0.15, -0.1) is 0 Å². The monoisotopic (exact) mass is 631 g/mol. The molecule has 234 valence electrons. The molecular formula is C32H34ClN7O5. The molecule has 1 aliphatic heterocycles. The maximum atomic E-state index is 13.0. The lowest BCUT2D eigenvalue weighted by Crippen LogP contribution is -2.41. The molecule has 5 rings (SSSR count). The van der Waals surface area contributed by atoms with E-state index in [0.29, 0.717) is 64.4 Å². The van der Waals surface area contributed by atoms with Crippen molar-refractivity contribution < 1.29 is 23.9 Å². The maximum Gasteiger partial charge on any atom is 0.272 e. The van der Waals surface area contributed by atoms with Crippen LogP contribution in [0.2, 0.25) is 5.02 Å². The Bertz CT molecular complexity index is 1690. The van der Waals surface area contributed by atoms with Crippen LogP contribution in [0.4, 0.5) is 17.1 Å². The van der Waals surface area contributed by atoms with Crippen molar-refractivity contribution in [2.75, 3.05) is 55.3 Å². The summed E-state index contributed by atoms with van der Waals surface area (Å²) >= 11 is 5.89. The predicted molar refractivity (Wildman–Crippen MR) is 172 cm³/mol. The van der Waals surface area contributed by atoms with Gasteiger partial charge in [0.05, 0.1) is 24.6 Å². The number of nitrogens with one attached hydrogen (secondary N) is 4. The van der Waals surface area contributed by atoms with Crippen molar-refractivity contribution in [3.8, 4) is 0 Å². The number of benzene rings is 2. The summed E-state index contributed by atoms with van der Waals surface area (Å²) in [5, 5.41) is 11.8. The number of halogens is 1. The van der Waals surface area contributed by atoms with Crippen molar-refractivity contribution in [1.29, 1.82) is 0 Å². The largest absolute Gasteiger partial charge is 0.379 e. The standard InChI is InChI=1S/C32H34ClN7O5/c1-38-19-25(17-27(38)31(43)34-11-12-40-13-15-45-16-14-40)36-30(42)22-5-9-24(10-6-22)35-32(44)28-18-26(20-39(28)2)37-29(41)21-3-7-23(33)8-4-21/h3-10,17-20H,11-16H2,1-2H3,(H,34,43)(H,35,44)(H,36,42)(H,37,41). The Hall–Kier alpha value is -4.91. The van der Waals surface area contributed by atoms with Gasteiger partial charge in [-0.05, 0) is 60.7 Å². The lowest BCUT2D eigenvalue weighted by Gasteiger charge is -2.26. The minimum absolute atomic E-state index is 0.222. The quantitative estimate of drug-likeness (QED) is 0.210. The number of ether oxygens (including phenoxy) is 1. The Labute approximate surface area is 265 Å². The third-order valence-electron chi connectivity index (χ3n) is 7.32. The minimum Gasteiger partial charge on any atom is -0.379 e. The van der Waals surface area contributed by atoms with E-state index in [9.17, 15) is 19.2 Å². The molecule has 12 nitrogen and oxygen atoms in total. The first-order chi connectivity index (χ1) is 21.7. The van der Waals surface area contributed by atoms with Gasteiger partial charge in [-0.1, -0.05) is 11.6 Å². The van der Waals surface area contributed by atoms with Gasteiger partial charge < -0.3 is 35.1 Å². The van der Waals surface area contributed by atoms with Gasteiger partial charge in [-0.2, -0.15) is 0 Å². The van der Waals surface area contributed by atoms with Crippen molar-refractivity contribution in [2.45, 2.75) is 0 Å². The number of anilines is 3. The number of aromatic nitrogens is 2.